The number of hydrogen-bond acceptors (Lipinski definition) is 4. The van der Waals surface area contributed by atoms with Gasteiger partial charge in [0.1, 0.15) is 0 Å². The van der Waals surface area contributed by atoms with Crippen molar-refractivity contribution in [1.82, 2.24) is 14.5 Å². The van der Waals surface area contributed by atoms with Crippen molar-refractivity contribution in [2.24, 2.45) is 0 Å². The van der Waals surface area contributed by atoms with E-state index in [-0.39, 0.29) is 22.8 Å². The van der Waals surface area contributed by atoms with E-state index < -0.39 is 0 Å². The number of rotatable bonds is 5. The van der Waals surface area contributed by atoms with Gasteiger partial charge in [0.2, 0.25) is 5.91 Å². The molecule has 1 aliphatic rings. The van der Waals surface area contributed by atoms with E-state index in [1.165, 1.54) is 11.8 Å². The molecule has 1 amide bonds. The highest BCUT2D eigenvalue weighted by Crippen LogP contribution is 2.27. The summed E-state index contributed by atoms with van der Waals surface area (Å²) < 4.78 is 1.75. The fraction of sp³-hybridized carbons (Fsp3) is 0.526. The predicted molar refractivity (Wildman–Crippen MR) is 102 cm³/mol. The summed E-state index contributed by atoms with van der Waals surface area (Å²) in [4.78, 5) is 32.2. The van der Waals surface area contributed by atoms with Crippen molar-refractivity contribution in [3.8, 4) is 0 Å². The smallest absolute Gasteiger partial charge is 0.262 e. The minimum atomic E-state index is -0.249. The van der Waals surface area contributed by atoms with E-state index in [1.807, 2.05) is 43.0 Å². The Morgan fingerprint density at radius 2 is 1.92 bits per heavy atom. The molecule has 0 saturated carbocycles. The number of aromatic nitrogens is 2. The highest BCUT2D eigenvalue weighted by molar-refractivity contribution is 8.00. The van der Waals surface area contributed by atoms with Crippen molar-refractivity contribution < 1.29 is 4.79 Å². The Kier molecular flexibility index (Phi) is 5.47. The Bertz CT molecular complexity index is 827. The number of carbonyl (C=O) groups is 1. The molecule has 0 N–H and O–H groups in total. The maximum absolute atomic E-state index is 13.0. The van der Waals surface area contributed by atoms with Crippen LogP contribution in [-0.4, -0.2) is 38.7 Å². The summed E-state index contributed by atoms with van der Waals surface area (Å²) in [5.41, 5.74) is 0.665. The monoisotopic (exact) mass is 359 g/mol. The van der Waals surface area contributed by atoms with Crippen molar-refractivity contribution in [2.75, 3.05) is 13.1 Å². The van der Waals surface area contributed by atoms with Crippen LogP contribution in [0.3, 0.4) is 0 Å². The first-order valence-electron chi connectivity index (χ1n) is 8.99. The predicted octanol–water partition coefficient (Wildman–Crippen LogP) is 3.47. The van der Waals surface area contributed by atoms with Gasteiger partial charge < -0.3 is 4.90 Å². The van der Waals surface area contributed by atoms with Gasteiger partial charge in [-0.2, -0.15) is 0 Å². The number of amides is 1. The van der Waals surface area contributed by atoms with Crippen LogP contribution in [0.4, 0.5) is 0 Å². The number of fused-ring (bicyclic) bond motifs is 1. The molecule has 1 aromatic carbocycles. The molecule has 0 unspecified atom stereocenters. The third-order valence-electron chi connectivity index (χ3n) is 4.85. The van der Waals surface area contributed by atoms with Gasteiger partial charge in [-0.1, -0.05) is 30.8 Å². The average molecular weight is 359 g/mol. The van der Waals surface area contributed by atoms with E-state index in [9.17, 15) is 9.59 Å². The molecule has 1 aromatic heterocycles. The van der Waals surface area contributed by atoms with Crippen LogP contribution in [0.25, 0.3) is 10.9 Å². The lowest BCUT2D eigenvalue weighted by atomic mass is 10.2. The Morgan fingerprint density at radius 3 is 2.60 bits per heavy atom. The van der Waals surface area contributed by atoms with Crippen molar-refractivity contribution >= 4 is 28.6 Å². The quantitative estimate of drug-likeness (QED) is 0.606. The summed E-state index contributed by atoms with van der Waals surface area (Å²) in [6, 6.07) is 7.46. The first-order chi connectivity index (χ1) is 12.0. The van der Waals surface area contributed by atoms with Gasteiger partial charge in [-0.25, -0.2) is 4.98 Å². The second kappa shape index (κ2) is 7.60. The Balaban J connectivity index is 1.99. The number of thioether (sulfide) groups is 1. The summed E-state index contributed by atoms with van der Waals surface area (Å²) in [6.45, 7) is 7.67. The number of likely N-dealkylation sites (tertiary alicyclic amines) is 1. The topological polar surface area (TPSA) is 55.2 Å². The second-order valence-corrected chi connectivity index (χ2v) is 7.94. The van der Waals surface area contributed by atoms with Crippen molar-refractivity contribution in [2.45, 2.75) is 56.5 Å². The van der Waals surface area contributed by atoms with E-state index >= 15 is 0 Å². The molecule has 1 saturated heterocycles. The van der Waals surface area contributed by atoms with Crippen LogP contribution in [0.15, 0.2) is 34.2 Å². The molecule has 2 aromatic rings. The highest BCUT2D eigenvalue weighted by Gasteiger charge is 2.26. The first-order valence-corrected chi connectivity index (χ1v) is 9.87. The molecule has 0 aliphatic carbocycles. The van der Waals surface area contributed by atoms with E-state index in [0.717, 1.165) is 32.4 Å². The van der Waals surface area contributed by atoms with E-state index in [1.54, 1.807) is 4.57 Å². The van der Waals surface area contributed by atoms with Gasteiger partial charge >= 0.3 is 0 Å². The van der Waals surface area contributed by atoms with E-state index in [4.69, 9.17) is 4.98 Å². The molecule has 2 heterocycles. The van der Waals surface area contributed by atoms with Crippen molar-refractivity contribution in [3.63, 3.8) is 0 Å². The van der Waals surface area contributed by atoms with Gasteiger partial charge in [-0.3, -0.25) is 14.2 Å². The number of hydrogen-bond donors (Lipinski definition) is 0. The molecule has 5 nitrogen and oxygen atoms in total. The zero-order chi connectivity index (χ0) is 18.0. The molecule has 2 atom stereocenters. The zero-order valence-electron chi connectivity index (χ0n) is 15.1. The summed E-state index contributed by atoms with van der Waals surface area (Å²) in [7, 11) is 0. The number of carbonyl (C=O) groups excluding carboxylic acids is 1. The summed E-state index contributed by atoms with van der Waals surface area (Å²) >= 11 is 1.40. The second-order valence-electron chi connectivity index (χ2n) is 6.64. The normalized spacial score (nSPS) is 17.0. The van der Waals surface area contributed by atoms with Crippen LogP contribution in [0, 0.1) is 0 Å². The minimum Gasteiger partial charge on any atom is -0.342 e. The largest absolute Gasteiger partial charge is 0.342 e. The standard InChI is InChI=1S/C19H25N3O2S/c1-4-13(2)22-18(24)15-9-5-6-10-16(15)20-19(22)25-14(3)17(23)21-11-7-8-12-21/h5-6,9-10,13-14H,4,7-8,11-12H2,1-3H3/t13-,14+/m0/s1. The van der Waals surface area contributed by atoms with Crippen molar-refractivity contribution in [1.29, 1.82) is 0 Å². The van der Waals surface area contributed by atoms with Crippen molar-refractivity contribution in [3.05, 3.63) is 34.6 Å². The molecule has 25 heavy (non-hydrogen) atoms. The Hall–Kier alpha value is -1.82. The fourth-order valence-electron chi connectivity index (χ4n) is 3.18. The molecule has 134 valence electrons. The van der Waals surface area contributed by atoms with Crippen LogP contribution in [-0.2, 0) is 4.79 Å². The van der Waals surface area contributed by atoms with Gasteiger partial charge in [-0.05, 0) is 45.2 Å². The van der Waals surface area contributed by atoms with Gasteiger partial charge in [0, 0.05) is 19.1 Å². The van der Waals surface area contributed by atoms with Crippen LogP contribution in [0.5, 0.6) is 0 Å². The van der Waals surface area contributed by atoms with E-state index in [0.29, 0.717) is 16.1 Å². The third kappa shape index (κ3) is 3.59. The SMILES string of the molecule is CC[C@H](C)n1c(S[C@H](C)C(=O)N2CCCC2)nc2ccccc2c1=O. The van der Waals surface area contributed by atoms with Gasteiger partial charge in [0.25, 0.3) is 5.56 Å². The van der Waals surface area contributed by atoms with Crippen LogP contribution in [0.2, 0.25) is 0 Å². The molecule has 1 aliphatic heterocycles. The minimum absolute atomic E-state index is 0.0247. The molecule has 0 radical (unpaired) electrons. The van der Waals surface area contributed by atoms with Gasteiger partial charge in [0.05, 0.1) is 16.2 Å². The van der Waals surface area contributed by atoms with Crippen LogP contribution in [0.1, 0.15) is 46.1 Å². The Morgan fingerprint density at radius 1 is 1.24 bits per heavy atom. The number of benzene rings is 1. The lowest BCUT2D eigenvalue weighted by Crippen LogP contribution is -2.35. The Labute approximate surface area is 152 Å². The zero-order valence-corrected chi connectivity index (χ0v) is 15.9. The third-order valence-corrected chi connectivity index (χ3v) is 5.91. The summed E-state index contributed by atoms with van der Waals surface area (Å²) in [5.74, 6) is 0.139. The summed E-state index contributed by atoms with van der Waals surface area (Å²) in [6.07, 6.45) is 2.99. The number of nitrogens with zero attached hydrogens (tertiary/aromatic N) is 3. The molecular weight excluding hydrogens is 334 g/mol. The van der Waals surface area contributed by atoms with Gasteiger partial charge in [0.15, 0.2) is 5.16 Å². The maximum atomic E-state index is 13.0. The maximum Gasteiger partial charge on any atom is 0.262 e. The molecule has 1 fully saturated rings. The lowest BCUT2D eigenvalue weighted by molar-refractivity contribution is -0.129. The molecule has 0 bridgehead atoms. The number of para-hydroxylation sites is 1. The van der Waals surface area contributed by atoms with Crippen LogP contribution >= 0.6 is 11.8 Å². The first kappa shape index (κ1) is 18.0. The highest BCUT2D eigenvalue weighted by atomic mass is 32.2. The van der Waals surface area contributed by atoms with E-state index in [2.05, 4.69) is 6.92 Å². The van der Waals surface area contributed by atoms with Crippen LogP contribution < -0.4 is 5.56 Å². The molecule has 3 rings (SSSR count). The van der Waals surface area contributed by atoms with Gasteiger partial charge in [-0.15, -0.1) is 0 Å². The lowest BCUT2D eigenvalue weighted by Gasteiger charge is -2.22. The molecule has 6 heteroatoms. The average Bonchev–Trinajstić information content (AvgIpc) is 3.15. The fourth-order valence-corrected chi connectivity index (χ4v) is 4.28. The summed E-state index contributed by atoms with van der Waals surface area (Å²) in [5, 5.41) is 1.02. The molecular formula is C19H25N3O2S. The molecule has 0 spiro atoms.